The Kier molecular flexibility index (Phi) is 2.71. The summed E-state index contributed by atoms with van der Waals surface area (Å²) in [5.74, 6) is 0.617. The fourth-order valence-corrected chi connectivity index (χ4v) is 2.18. The van der Waals surface area contributed by atoms with Gasteiger partial charge in [0.05, 0.1) is 5.39 Å². The Morgan fingerprint density at radius 2 is 1.68 bits per heavy atom. The van der Waals surface area contributed by atoms with Crippen LogP contribution in [0.4, 0.5) is 0 Å². The lowest BCUT2D eigenvalue weighted by atomic mass is 10.1. The number of rotatable bonds is 1. The SMILES string of the molecule is Cc1ccc(-c2cc(=O)c3cccc(C)c3o2)cc1. The van der Waals surface area contributed by atoms with E-state index in [0.717, 1.165) is 11.1 Å². The van der Waals surface area contributed by atoms with Crippen LogP contribution in [0.15, 0.2) is 57.7 Å². The molecular formula is C17H14O2. The van der Waals surface area contributed by atoms with E-state index >= 15 is 0 Å². The summed E-state index contributed by atoms with van der Waals surface area (Å²) in [6.45, 7) is 3.98. The lowest BCUT2D eigenvalue weighted by Crippen LogP contribution is -2.01. The molecule has 0 aliphatic heterocycles. The summed E-state index contributed by atoms with van der Waals surface area (Å²) in [5, 5.41) is 0.635. The second-order valence-corrected chi connectivity index (χ2v) is 4.79. The Hall–Kier alpha value is -2.35. The van der Waals surface area contributed by atoms with Gasteiger partial charge in [-0.1, -0.05) is 42.0 Å². The predicted molar refractivity (Wildman–Crippen MR) is 77.4 cm³/mol. The molecule has 0 unspecified atom stereocenters. The van der Waals surface area contributed by atoms with E-state index in [9.17, 15) is 4.79 Å². The maximum absolute atomic E-state index is 12.1. The summed E-state index contributed by atoms with van der Waals surface area (Å²) in [6.07, 6.45) is 0. The van der Waals surface area contributed by atoms with Crippen molar-refractivity contribution in [2.45, 2.75) is 13.8 Å². The Morgan fingerprint density at radius 1 is 0.947 bits per heavy atom. The smallest absolute Gasteiger partial charge is 0.193 e. The van der Waals surface area contributed by atoms with Crippen LogP contribution < -0.4 is 5.43 Å². The van der Waals surface area contributed by atoms with Gasteiger partial charge in [-0.15, -0.1) is 0 Å². The van der Waals surface area contributed by atoms with Crippen molar-refractivity contribution in [2.75, 3.05) is 0 Å². The van der Waals surface area contributed by atoms with Gasteiger partial charge in [0.25, 0.3) is 0 Å². The van der Waals surface area contributed by atoms with Crippen LogP contribution in [0.25, 0.3) is 22.3 Å². The molecule has 0 radical (unpaired) electrons. The third kappa shape index (κ3) is 2.06. The van der Waals surface area contributed by atoms with Gasteiger partial charge in [0.2, 0.25) is 0 Å². The maximum Gasteiger partial charge on any atom is 0.193 e. The standard InChI is InChI=1S/C17H14O2/c1-11-6-8-13(9-7-11)16-10-15(18)14-5-3-4-12(2)17(14)19-16/h3-10H,1-2H3. The van der Waals surface area contributed by atoms with Gasteiger partial charge < -0.3 is 4.42 Å². The second kappa shape index (κ2) is 4.39. The molecule has 0 fully saturated rings. The fourth-order valence-electron chi connectivity index (χ4n) is 2.18. The molecule has 3 aromatic rings. The second-order valence-electron chi connectivity index (χ2n) is 4.79. The van der Waals surface area contributed by atoms with E-state index in [1.165, 1.54) is 5.56 Å². The fraction of sp³-hybridized carbons (Fsp3) is 0.118. The molecule has 0 saturated heterocycles. The van der Waals surface area contributed by atoms with Crippen molar-refractivity contribution < 1.29 is 4.42 Å². The molecule has 19 heavy (non-hydrogen) atoms. The first kappa shape index (κ1) is 11.7. The van der Waals surface area contributed by atoms with E-state index in [-0.39, 0.29) is 5.43 Å². The number of hydrogen-bond donors (Lipinski definition) is 0. The van der Waals surface area contributed by atoms with Crippen molar-refractivity contribution in [3.8, 4) is 11.3 Å². The van der Waals surface area contributed by atoms with E-state index in [2.05, 4.69) is 0 Å². The Labute approximate surface area is 111 Å². The molecule has 0 N–H and O–H groups in total. The number of hydrogen-bond acceptors (Lipinski definition) is 2. The molecule has 94 valence electrons. The molecule has 0 spiro atoms. The quantitative estimate of drug-likeness (QED) is 0.651. The Bertz CT molecular complexity index is 796. The minimum atomic E-state index is 0.000486. The van der Waals surface area contributed by atoms with Crippen molar-refractivity contribution in [1.82, 2.24) is 0 Å². The minimum absolute atomic E-state index is 0.000486. The van der Waals surface area contributed by atoms with Crippen LogP contribution in [0.5, 0.6) is 0 Å². The summed E-state index contributed by atoms with van der Waals surface area (Å²) in [6, 6.07) is 15.1. The molecular weight excluding hydrogens is 236 g/mol. The zero-order valence-electron chi connectivity index (χ0n) is 10.9. The van der Waals surface area contributed by atoms with Gasteiger partial charge in [0.15, 0.2) is 5.43 Å². The lowest BCUT2D eigenvalue weighted by molar-refractivity contribution is 0.616. The summed E-state index contributed by atoms with van der Waals surface area (Å²) in [5.41, 5.74) is 3.76. The van der Waals surface area contributed by atoms with Crippen LogP contribution in [0.2, 0.25) is 0 Å². The minimum Gasteiger partial charge on any atom is -0.456 e. The summed E-state index contributed by atoms with van der Waals surface area (Å²) < 4.78 is 5.90. The molecule has 2 heteroatoms. The molecule has 2 aromatic carbocycles. The van der Waals surface area contributed by atoms with Gasteiger partial charge in [-0.3, -0.25) is 4.79 Å². The highest BCUT2D eigenvalue weighted by molar-refractivity contribution is 5.81. The lowest BCUT2D eigenvalue weighted by Gasteiger charge is -2.05. The largest absolute Gasteiger partial charge is 0.456 e. The van der Waals surface area contributed by atoms with Gasteiger partial charge in [-0.05, 0) is 25.5 Å². The van der Waals surface area contributed by atoms with Crippen molar-refractivity contribution >= 4 is 11.0 Å². The van der Waals surface area contributed by atoms with Gasteiger partial charge in [-0.25, -0.2) is 0 Å². The molecule has 0 atom stereocenters. The van der Waals surface area contributed by atoms with Crippen LogP contribution in [0.3, 0.4) is 0 Å². The van der Waals surface area contributed by atoms with E-state index in [1.54, 1.807) is 12.1 Å². The van der Waals surface area contributed by atoms with Gasteiger partial charge in [-0.2, -0.15) is 0 Å². The number of para-hydroxylation sites is 1. The first-order valence-electron chi connectivity index (χ1n) is 6.26. The molecule has 0 aliphatic rings. The van der Waals surface area contributed by atoms with Crippen molar-refractivity contribution in [3.63, 3.8) is 0 Å². The maximum atomic E-state index is 12.1. The van der Waals surface area contributed by atoms with Crippen LogP contribution in [0, 0.1) is 13.8 Å². The van der Waals surface area contributed by atoms with Crippen molar-refractivity contribution in [1.29, 1.82) is 0 Å². The van der Waals surface area contributed by atoms with E-state index in [4.69, 9.17) is 4.42 Å². The van der Waals surface area contributed by atoms with Crippen LogP contribution in [-0.4, -0.2) is 0 Å². The molecule has 0 aliphatic carbocycles. The summed E-state index contributed by atoms with van der Waals surface area (Å²) in [7, 11) is 0. The zero-order chi connectivity index (χ0) is 13.4. The van der Waals surface area contributed by atoms with Crippen LogP contribution >= 0.6 is 0 Å². The van der Waals surface area contributed by atoms with Gasteiger partial charge in [0, 0.05) is 11.6 Å². The average molecular weight is 250 g/mol. The number of aryl methyl sites for hydroxylation is 2. The number of benzene rings is 2. The first-order valence-corrected chi connectivity index (χ1v) is 6.26. The highest BCUT2D eigenvalue weighted by Crippen LogP contribution is 2.24. The predicted octanol–water partition coefficient (Wildman–Crippen LogP) is 4.08. The number of fused-ring (bicyclic) bond motifs is 1. The first-order chi connectivity index (χ1) is 9.15. The molecule has 2 nitrogen and oxygen atoms in total. The van der Waals surface area contributed by atoms with Gasteiger partial charge >= 0.3 is 0 Å². The Morgan fingerprint density at radius 3 is 2.42 bits per heavy atom. The van der Waals surface area contributed by atoms with Crippen molar-refractivity contribution in [3.05, 3.63) is 69.9 Å². The molecule has 1 heterocycles. The highest BCUT2D eigenvalue weighted by atomic mass is 16.3. The van der Waals surface area contributed by atoms with Crippen LogP contribution in [-0.2, 0) is 0 Å². The Balaban J connectivity index is 2.29. The van der Waals surface area contributed by atoms with Crippen molar-refractivity contribution in [2.24, 2.45) is 0 Å². The third-order valence-electron chi connectivity index (χ3n) is 3.29. The van der Waals surface area contributed by atoms with Crippen LogP contribution in [0.1, 0.15) is 11.1 Å². The van der Waals surface area contributed by atoms with E-state index in [1.807, 2.05) is 50.2 Å². The highest BCUT2D eigenvalue weighted by Gasteiger charge is 2.08. The molecule has 0 bridgehead atoms. The molecule has 3 rings (SSSR count). The van der Waals surface area contributed by atoms with Gasteiger partial charge in [0.1, 0.15) is 11.3 Å². The zero-order valence-corrected chi connectivity index (χ0v) is 10.9. The molecule has 0 amide bonds. The summed E-state index contributed by atoms with van der Waals surface area (Å²) in [4.78, 5) is 12.1. The third-order valence-corrected chi connectivity index (χ3v) is 3.29. The van der Waals surface area contributed by atoms with E-state index < -0.39 is 0 Å². The average Bonchev–Trinajstić information content (AvgIpc) is 2.41. The molecule has 0 saturated carbocycles. The monoisotopic (exact) mass is 250 g/mol. The summed E-state index contributed by atoms with van der Waals surface area (Å²) >= 11 is 0. The normalized spacial score (nSPS) is 10.8. The van der Waals surface area contributed by atoms with E-state index in [0.29, 0.717) is 16.7 Å². The molecule has 1 aromatic heterocycles. The topological polar surface area (TPSA) is 30.2 Å².